The van der Waals surface area contributed by atoms with Crippen molar-refractivity contribution in [3.05, 3.63) is 0 Å². The molecular formula is C16H23N3O7. The average Bonchev–Trinajstić information content (AvgIpc) is 2.85. The standard InChI is InChI=1S/C16H23N3O7/c1-10-5-3-4-6-16(10)14(23)19(15(24)18-16)8-13(22)26-9-11(20)17-7-12(21)25-2/h10H,3-9H2,1-2H3,(H,17,20)(H,18,24)/t10-,16-/m0/s1. The van der Waals surface area contributed by atoms with E-state index < -0.39 is 48.5 Å². The maximum Gasteiger partial charge on any atom is 0.326 e. The molecule has 1 saturated heterocycles. The Hall–Kier alpha value is -2.65. The van der Waals surface area contributed by atoms with Crippen LogP contribution in [-0.2, 0) is 28.7 Å². The Bertz CT molecular complexity index is 621. The van der Waals surface area contributed by atoms with E-state index in [9.17, 15) is 24.0 Å². The largest absolute Gasteiger partial charge is 0.468 e. The monoisotopic (exact) mass is 369 g/mol. The number of nitrogens with zero attached hydrogens (tertiary/aromatic N) is 1. The molecule has 1 aliphatic heterocycles. The smallest absolute Gasteiger partial charge is 0.326 e. The number of imide groups is 1. The zero-order valence-electron chi connectivity index (χ0n) is 14.8. The van der Waals surface area contributed by atoms with Crippen LogP contribution in [0.5, 0.6) is 0 Å². The Morgan fingerprint density at radius 1 is 1.27 bits per heavy atom. The average molecular weight is 369 g/mol. The minimum absolute atomic E-state index is 0.0159. The molecule has 1 spiro atoms. The van der Waals surface area contributed by atoms with Crippen molar-refractivity contribution in [3.8, 4) is 0 Å². The Balaban J connectivity index is 1.85. The second-order valence-corrected chi connectivity index (χ2v) is 6.45. The van der Waals surface area contributed by atoms with Gasteiger partial charge < -0.3 is 20.1 Å². The molecule has 0 aromatic heterocycles. The number of hydrogen-bond acceptors (Lipinski definition) is 7. The first kappa shape index (κ1) is 19.7. The molecule has 0 bridgehead atoms. The van der Waals surface area contributed by atoms with Gasteiger partial charge in [-0.2, -0.15) is 0 Å². The quantitative estimate of drug-likeness (QED) is 0.468. The summed E-state index contributed by atoms with van der Waals surface area (Å²) in [5, 5.41) is 4.93. The van der Waals surface area contributed by atoms with Crippen molar-refractivity contribution in [1.29, 1.82) is 0 Å². The van der Waals surface area contributed by atoms with Crippen molar-refractivity contribution in [1.82, 2.24) is 15.5 Å². The van der Waals surface area contributed by atoms with Gasteiger partial charge in [0.25, 0.3) is 11.8 Å². The summed E-state index contributed by atoms with van der Waals surface area (Å²) < 4.78 is 9.11. The molecule has 0 aromatic rings. The lowest BCUT2D eigenvalue weighted by Gasteiger charge is -2.36. The highest BCUT2D eigenvalue weighted by Gasteiger charge is 2.55. The van der Waals surface area contributed by atoms with E-state index >= 15 is 0 Å². The number of amides is 4. The first-order valence-electron chi connectivity index (χ1n) is 8.43. The van der Waals surface area contributed by atoms with Gasteiger partial charge in [0.2, 0.25) is 0 Å². The van der Waals surface area contributed by atoms with E-state index in [1.165, 1.54) is 7.11 Å². The number of carbonyl (C=O) groups is 5. The molecule has 0 aromatic carbocycles. The van der Waals surface area contributed by atoms with Crippen molar-refractivity contribution >= 4 is 29.8 Å². The van der Waals surface area contributed by atoms with E-state index in [4.69, 9.17) is 4.74 Å². The van der Waals surface area contributed by atoms with Crippen LogP contribution < -0.4 is 10.6 Å². The number of ether oxygens (including phenoxy) is 2. The van der Waals surface area contributed by atoms with Gasteiger partial charge in [0.15, 0.2) is 6.61 Å². The van der Waals surface area contributed by atoms with Gasteiger partial charge in [-0.25, -0.2) is 4.79 Å². The molecule has 1 aliphatic carbocycles. The van der Waals surface area contributed by atoms with Gasteiger partial charge in [-0.3, -0.25) is 24.1 Å². The number of hydrogen-bond donors (Lipinski definition) is 2. The summed E-state index contributed by atoms with van der Waals surface area (Å²) in [5.41, 5.74) is -0.951. The minimum atomic E-state index is -0.951. The minimum Gasteiger partial charge on any atom is -0.468 e. The fourth-order valence-corrected chi connectivity index (χ4v) is 3.25. The highest BCUT2D eigenvalue weighted by molar-refractivity contribution is 6.09. The lowest BCUT2D eigenvalue weighted by Crippen LogP contribution is -2.54. The number of rotatable bonds is 6. The maximum atomic E-state index is 12.7. The van der Waals surface area contributed by atoms with Crippen molar-refractivity contribution in [3.63, 3.8) is 0 Å². The lowest BCUT2D eigenvalue weighted by atomic mass is 9.73. The Morgan fingerprint density at radius 3 is 2.65 bits per heavy atom. The van der Waals surface area contributed by atoms with Gasteiger partial charge in [-0.05, 0) is 18.8 Å². The second kappa shape index (κ2) is 8.15. The van der Waals surface area contributed by atoms with Crippen LogP contribution in [0.15, 0.2) is 0 Å². The second-order valence-electron chi connectivity index (χ2n) is 6.45. The molecule has 2 rings (SSSR count). The van der Waals surface area contributed by atoms with Crippen molar-refractivity contribution in [2.24, 2.45) is 5.92 Å². The summed E-state index contributed by atoms with van der Waals surface area (Å²) in [6.45, 7) is 0.371. The van der Waals surface area contributed by atoms with Gasteiger partial charge in [-0.1, -0.05) is 19.8 Å². The molecule has 0 radical (unpaired) electrons. The van der Waals surface area contributed by atoms with Crippen LogP contribution in [0.4, 0.5) is 4.79 Å². The Kier molecular flexibility index (Phi) is 6.17. The Morgan fingerprint density at radius 2 is 2.00 bits per heavy atom. The number of methoxy groups -OCH3 is 1. The van der Waals surface area contributed by atoms with Gasteiger partial charge in [0, 0.05) is 0 Å². The topological polar surface area (TPSA) is 131 Å². The van der Waals surface area contributed by atoms with E-state index in [1.807, 2.05) is 6.92 Å². The number of urea groups is 1. The molecule has 10 nitrogen and oxygen atoms in total. The normalized spacial score (nSPS) is 25.0. The maximum absolute atomic E-state index is 12.7. The van der Waals surface area contributed by atoms with E-state index in [2.05, 4.69) is 15.4 Å². The lowest BCUT2D eigenvalue weighted by molar-refractivity contribution is -0.152. The molecule has 2 atom stereocenters. The summed E-state index contributed by atoms with van der Waals surface area (Å²) >= 11 is 0. The van der Waals surface area contributed by atoms with Crippen LogP contribution in [0.1, 0.15) is 32.6 Å². The van der Waals surface area contributed by atoms with Crippen LogP contribution in [0, 0.1) is 5.92 Å². The molecule has 4 amide bonds. The predicted molar refractivity (Wildman–Crippen MR) is 86.6 cm³/mol. The molecule has 2 aliphatic rings. The fourth-order valence-electron chi connectivity index (χ4n) is 3.25. The fraction of sp³-hybridized carbons (Fsp3) is 0.688. The van der Waals surface area contributed by atoms with E-state index in [1.54, 1.807) is 0 Å². The molecule has 10 heteroatoms. The third-order valence-corrected chi connectivity index (χ3v) is 4.81. The van der Waals surface area contributed by atoms with E-state index in [0.717, 1.165) is 24.2 Å². The van der Waals surface area contributed by atoms with E-state index in [0.29, 0.717) is 6.42 Å². The third-order valence-electron chi connectivity index (χ3n) is 4.81. The number of nitrogens with one attached hydrogen (secondary N) is 2. The van der Waals surface area contributed by atoms with Crippen molar-refractivity contribution < 1.29 is 33.4 Å². The molecule has 0 unspecified atom stereocenters. The van der Waals surface area contributed by atoms with Gasteiger partial charge in [0.1, 0.15) is 18.6 Å². The first-order valence-corrected chi connectivity index (χ1v) is 8.43. The molecule has 1 heterocycles. The summed E-state index contributed by atoms with van der Waals surface area (Å²) in [6.07, 6.45) is 3.19. The first-order chi connectivity index (χ1) is 12.3. The third kappa shape index (κ3) is 4.12. The van der Waals surface area contributed by atoms with Gasteiger partial charge in [-0.15, -0.1) is 0 Å². The number of carbonyl (C=O) groups excluding carboxylic acids is 5. The summed E-state index contributed by atoms with van der Waals surface area (Å²) in [7, 11) is 1.17. The van der Waals surface area contributed by atoms with Crippen LogP contribution in [-0.4, -0.2) is 67.0 Å². The molecule has 144 valence electrons. The van der Waals surface area contributed by atoms with Crippen LogP contribution in [0.25, 0.3) is 0 Å². The molecular weight excluding hydrogens is 346 g/mol. The molecule has 2 fully saturated rings. The van der Waals surface area contributed by atoms with Crippen LogP contribution >= 0.6 is 0 Å². The SMILES string of the molecule is COC(=O)CNC(=O)COC(=O)CN1C(=O)N[C@]2(CCCC[C@@H]2C)C1=O. The summed E-state index contributed by atoms with van der Waals surface area (Å²) in [6, 6.07) is -0.629. The highest BCUT2D eigenvalue weighted by atomic mass is 16.5. The Labute approximate surface area is 150 Å². The summed E-state index contributed by atoms with van der Waals surface area (Å²) in [5.74, 6) is -2.67. The summed E-state index contributed by atoms with van der Waals surface area (Å²) in [4.78, 5) is 59.9. The van der Waals surface area contributed by atoms with Crippen LogP contribution in [0.3, 0.4) is 0 Å². The zero-order chi connectivity index (χ0) is 19.3. The molecule has 2 N–H and O–H groups in total. The molecule has 1 saturated carbocycles. The molecule has 26 heavy (non-hydrogen) atoms. The highest BCUT2D eigenvalue weighted by Crippen LogP contribution is 2.38. The number of esters is 2. The predicted octanol–water partition coefficient (Wildman–Crippen LogP) is -0.680. The van der Waals surface area contributed by atoms with E-state index in [-0.39, 0.29) is 12.5 Å². The van der Waals surface area contributed by atoms with Crippen molar-refractivity contribution in [2.75, 3.05) is 26.8 Å². The van der Waals surface area contributed by atoms with Crippen molar-refractivity contribution in [2.45, 2.75) is 38.1 Å². The zero-order valence-corrected chi connectivity index (χ0v) is 14.8. The van der Waals surface area contributed by atoms with Crippen LogP contribution in [0.2, 0.25) is 0 Å². The van der Waals surface area contributed by atoms with Gasteiger partial charge >= 0.3 is 18.0 Å². The van der Waals surface area contributed by atoms with Gasteiger partial charge in [0.05, 0.1) is 7.11 Å².